The second kappa shape index (κ2) is 4.60. The molecule has 1 amide bonds. The van der Waals surface area contributed by atoms with Gasteiger partial charge < -0.3 is 5.32 Å². The molecule has 0 aliphatic heterocycles. The van der Waals surface area contributed by atoms with Crippen molar-refractivity contribution in [3.63, 3.8) is 0 Å². The Morgan fingerprint density at radius 1 is 1.31 bits per heavy atom. The van der Waals surface area contributed by atoms with E-state index in [0.717, 1.165) is 18.9 Å². The highest BCUT2D eigenvalue weighted by Crippen LogP contribution is 2.28. The molecule has 86 valence electrons. The highest BCUT2D eigenvalue weighted by Gasteiger charge is 2.28. The third-order valence-electron chi connectivity index (χ3n) is 2.65. The lowest BCUT2D eigenvalue weighted by molar-refractivity contribution is -0.122. The maximum absolute atomic E-state index is 12.8. The first-order chi connectivity index (χ1) is 7.66. The number of hydrogen-bond acceptors (Lipinski definition) is 1. The van der Waals surface area contributed by atoms with E-state index in [1.807, 2.05) is 0 Å². The minimum atomic E-state index is -0.842. The van der Waals surface area contributed by atoms with Gasteiger partial charge in [0.05, 0.1) is 0 Å². The first-order valence-electron chi connectivity index (χ1n) is 5.38. The molecular weight excluding hydrogens is 212 g/mol. The van der Waals surface area contributed by atoms with Gasteiger partial charge in [-0.15, -0.1) is 0 Å². The molecule has 1 aliphatic carbocycles. The van der Waals surface area contributed by atoms with Crippen molar-refractivity contribution in [3.8, 4) is 0 Å². The molecule has 1 aliphatic rings. The Kier molecular flexibility index (Phi) is 3.17. The normalized spacial score (nSPS) is 14.9. The molecule has 1 saturated carbocycles. The molecule has 0 saturated heterocycles. The molecule has 1 N–H and O–H groups in total. The average molecular weight is 225 g/mol. The summed E-state index contributed by atoms with van der Waals surface area (Å²) in [5.74, 6) is -1.43. The Morgan fingerprint density at radius 2 is 2.06 bits per heavy atom. The quantitative estimate of drug-likeness (QED) is 0.834. The van der Waals surface area contributed by atoms with Crippen LogP contribution in [0.3, 0.4) is 0 Å². The van der Waals surface area contributed by atoms with Crippen LogP contribution in [0.15, 0.2) is 18.2 Å². The van der Waals surface area contributed by atoms with Gasteiger partial charge in [0.2, 0.25) is 5.91 Å². The molecular formula is C12H13F2NO. The van der Waals surface area contributed by atoms with Crippen LogP contribution in [-0.4, -0.2) is 12.5 Å². The smallest absolute Gasteiger partial charge is 0.223 e. The standard InChI is InChI=1S/C12H13F2NO/c13-10-4-1-8(7-11(10)14)5-6-15-12(16)9-2-3-9/h1,4,7,9H,2-3,5-6H2,(H,15,16). The van der Waals surface area contributed by atoms with Gasteiger partial charge in [-0.3, -0.25) is 4.79 Å². The fraction of sp³-hybridized carbons (Fsp3) is 0.417. The molecule has 0 unspecified atom stereocenters. The summed E-state index contributed by atoms with van der Waals surface area (Å²) in [5.41, 5.74) is 0.690. The fourth-order valence-corrected chi connectivity index (χ4v) is 1.52. The topological polar surface area (TPSA) is 29.1 Å². The summed E-state index contributed by atoms with van der Waals surface area (Å²) in [7, 11) is 0. The zero-order valence-corrected chi connectivity index (χ0v) is 8.80. The fourth-order valence-electron chi connectivity index (χ4n) is 1.52. The van der Waals surface area contributed by atoms with Crippen molar-refractivity contribution < 1.29 is 13.6 Å². The number of carbonyl (C=O) groups is 1. The van der Waals surface area contributed by atoms with Crippen LogP contribution in [-0.2, 0) is 11.2 Å². The molecule has 16 heavy (non-hydrogen) atoms. The molecule has 0 heterocycles. The zero-order chi connectivity index (χ0) is 11.5. The summed E-state index contributed by atoms with van der Waals surface area (Å²) in [6, 6.07) is 3.80. The van der Waals surface area contributed by atoms with Crippen molar-refractivity contribution in [1.29, 1.82) is 0 Å². The number of benzene rings is 1. The largest absolute Gasteiger partial charge is 0.356 e. The van der Waals surface area contributed by atoms with E-state index in [-0.39, 0.29) is 11.8 Å². The minimum Gasteiger partial charge on any atom is -0.356 e. The third kappa shape index (κ3) is 2.78. The van der Waals surface area contributed by atoms with Crippen LogP contribution in [0, 0.1) is 17.6 Å². The number of rotatable bonds is 4. The Hall–Kier alpha value is -1.45. The second-order valence-electron chi connectivity index (χ2n) is 4.06. The van der Waals surface area contributed by atoms with E-state index in [9.17, 15) is 13.6 Å². The zero-order valence-electron chi connectivity index (χ0n) is 8.80. The Balaban J connectivity index is 1.80. The molecule has 4 heteroatoms. The van der Waals surface area contributed by atoms with Crippen LogP contribution in [0.2, 0.25) is 0 Å². The summed E-state index contributed by atoms with van der Waals surface area (Å²) in [6.45, 7) is 0.473. The maximum Gasteiger partial charge on any atom is 0.223 e. The van der Waals surface area contributed by atoms with Gasteiger partial charge in [-0.2, -0.15) is 0 Å². The Bertz CT molecular complexity index is 402. The van der Waals surface area contributed by atoms with Gasteiger partial charge in [0.25, 0.3) is 0 Å². The van der Waals surface area contributed by atoms with E-state index in [1.54, 1.807) is 0 Å². The number of amides is 1. The molecule has 0 spiro atoms. The van der Waals surface area contributed by atoms with Gasteiger partial charge in [0.1, 0.15) is 0 Å². The molecule has 2 nitrogen and oxygen atoms in total. The van der Waals surface area contributed by atoms with Crippen molar-refractivity contribution in [3.05, 3.63) is 35.4 Å². The number of halogens is 2. The summed E-state index contributed by atoms with van der Waals surface area (Å²) < 4.78 is 25.5. The SMILES string of the molecule is O=C(NCCc1ccc(F)c(F)c1)C1CC1. The predicted molar refractivity (Wildman–Crippen MR) is 55.8 cm³/mol. The molecule has 0 atom stereocenters. The van der Waals surface area contributed by atoms with Crippen LogP contribution in [0.4, 0.5) is 8.78 Å². The average Bonchev–Trinajstić information content (AvgIpc) is 3.07. The second-order valence-corrected chi connectivity index (χ2v) is 4.06. The van der Waals surface area contributed by atoms with Crippen molar-refractivity contribution in [2.24, 2.45) is 5.92 Å². The highest BCUT2D eigenvalue weighted by atomic mass is 19.2. The lowest BCUT2D eigenvalue weighted by Crippen LogP contribution is -2.26. The molecule has 0 bridgehead atoms. The van der Waals surface area contributed by atoms with E-state index >= 15 is 0 Å². The van der Waals surface area contributed by atoms with Gasteiger partial charge in [-0.25, -0.2) is 8.78 Å². The highest BCUT2D eigenvalue weighted by molar-refractivity contribution is 5.80. The van der Waals surface area contributed by atoms with Gasteiger partial charge in [-0.1, -0.05) is 6.07 Å². The molecule has 1 aromatic rings. The molecule has 1 aromatic carbocycles. The minimum absolute atomic E-state index is 0.0718. The van der Waals surface area contributed by atoms with E-state index in [1.165, 1.54) is 12.1 Å². The number of nitrogens with one attached hydrogen (secondary N) is 1. The summed E-state index contributed by atoms with van der Waals surface area (Å²) in [5, 5.41) is 2.77. The lowest BCUT2D eigenvalue weighted by atomic mass is 10.1. The molecule has 0 aromatic heterocycles. The van der Waals surface area contributed by atoms with Gasteiger partial charge >= 0.3 is 0 Å². The van der Waals surface area contributed by atoms with E-state index in [4.69, 9.17) is 0 Å². The van der Waals surface area contributed by atoms with Crippen molar-refractivity contribution in [1.82, 2.24) is 5.32 Å². The van der Waals surface area contributed by atoms with Crippen molar-refractivity contribution in [2.45, 2.75) is 19.3 Å². The van der Waals surface area contributed by atoms with E-state index in [2.05, 4.69) is 5.32 Å². The van der Waals surface area contributed by atoms with E-state index in [0.29, 0.717) is 18.5 Å². The lowest BCUT2D eigenvalue weighted by Gasteiger charge is -2.04. The van der Waals surface area contributed by atoms with Crippen LogP contribution in [0.25, 0.3) is 0 Å². The third-order valence-corrected chi connectivity index (χ3v) is 2.65. The van der Waals surface area contributed by atoms with Gasteiger partial charge in [0, 0.05) is 12.5 Å². The first kappa shape index (κ1) is 11.0. The Labute approximate surface area is 92.7 Å². The Morgan fingerprint density at radius 3 is 2.69 bits per heavy atom. The van der Waals surface area contributed by atoms with Crippen molar-refractivity contribution >= 4 is 5.91 Å². The van der Waals surface area contributed by atoms with Crippen molar-refractivity contribution in [2.75, 3.05) is 6.54 Å². The van der Waals surface area contributed by atoms with Crippen LogP contribution in [0.1, 0.15) is 18.4 Å². The molecule has 0 radical (unpaired) electrons. The summed E-state index contributed by atoms with van der Waals surface area (Å²) in [4.78, 5) is 11.3. The predicted octanol–water partition coefficient (Wildman–Crippen LogP) is 2.03. The van der Waals surface area contributed by atoms with Gasteiger partial charge in [0.15, 0.2) is 11.6 Å². The van der Waals surface area contributed by atoms with Crippen LogP contribution >= 0.6 is 0 Å². The van der Waals surface area contributed by atoms with E-state index < -0.39 is 11.6 Å². The summed E-state index contributed by atoms with van der Waals surface area (Å²) in [6.07, 6.45) is 2.46. The monoisotopic (exact) mass is 225 g/mol. The maximum atomic E-state index is 12.8. The molecule has 2 rings (SSSR count). The molecule has 1 fully saturated rings. The number of carbonyl (C=O) groups excluding carboxylic acids is 1. The van der Waals surface area contributed by atoms with Crippen LogP contribution in [0.5, 0.6) is 0 Å². The first-order valence-corrected chi connectivity index (χ1v) is 5.38. The van der Waals surface area contributed by atoms with Gasteiger partial charge in [-0.05, 0) is 37.0 Å². The number of hydrogen-bond donors (Lipinski definition) is 1. The van der Waals surface area contributed by atoms with Crippen LogP contribution < -0.4 is 5.32 Å². The summed E-state index contributed by atoms with van der Waals surface area (Å²) >= 11 is 0.